The summed E-state index contributed by atoms with van der Waals surface area (Å²) in [5, 5.41) is 3.72. The topological polar surface area (TPSA) is 80.8 Å². The van der Waals surface area contributed by atoms with Gasteiger partial charge in [0.25, 0.3) is 5.91 Å². The van der Waals surface area contributed by atoms with Crippen molar-refractivity contribution in [3.05, 3.63) is 22.6 Å². The molecule has 3 rings (SSSR count). The molecule has 1 N–H and O–H groups in total. The van der Waals surface area contributed by atoms with Crippen molar-refractivity contribution in [2.24, 2.45) is 0 Å². The lowest BCUT2D eigenvalue weighted by Gasteiger charge is -2.39. The first kappa shape index (κ1) is 21.2. The van der Waals surface area contributed by atoms with Crippen LogP contribution in [0.1, 0.15) is 36.7 Å². The van der Waals surface area contributed by atoms with Crippen LogP contribution in [0.2, 0.25) is 0 Å². The van der Waals surface area contributed by atoms with E-state index in [0.717, 1.165) is 17.4 Å². The number of fused-ring (bicyclic) bond motifs is 1. The van der Waals surface area contributed by atoms with Crippen LogP contribution in [-0.4, -0.2) is 53.7 Å². The lowest BCUT2D eigenvalue weighted by molar-refractivity contribution is -0.136. The number of thiophene rings is 1. The van der Waals surface area contributed by atoms with Gasteiger partial charge in [0.1, 0.15) is 11.7 Å². The van der Waals surface area contributed by atoms with Crippen molar-refractivity contribution in [2.75, 3.05) is 20.1 Å². The van der Waals surface area contributed by atoms with E-state index in [1.54, 1.807) is 20.8 Å². The lowest BCUT2D eigenvalue weighted by Crippen LogP contribution is -2.57. The van der Waals surface area contributed by atoms with Crippen LogP contribution in [0.3, 0.4) is 0 Å². The molecular weight excluding hydrogens is 411 g/mol. The summed E-state index contributed by atoms with van der Waals surface area (Å²) in [5.74, 6) is -0.781. The molecule has 0 bridgehead atoms. The summed E-state index contributed by atoms with van der Waals surface area (Å²) in [5.41, 5.74) is -1.58. The van der Waals surface area contributed by atoms with E-state index in [4.69, 9.17) is 9.47 Å². The van der Waals surface area contributed by atoms with Gasteiger partial charge in [0.05, 0.1) is 34.4 Å². The Kier molecular flexibility index (Phi) is 5.37. The Bertz CT molecular complexity index is 946. The minimum Gasteiger partial charge on any atom is -0.471 e. The van der Waals surface area contributed by atoms with Crippen molar-refractivity contribution < 1.29 is 32.2 Å². The molecule has 0 saturated carbocycles. The summed E-state index contributed by atoms with van der Waals surface area (Å²) < 4.78 is 51.2. The van der Waals surface area contributed by atoms with Crippen molar-refractivity contribution in [1.82, 2.24) is 15.2 Å². The maximum absolute atomic E-state index is 13.5. The second-order valence-electron chi connectivity index (χ2n) is 7.54. The third-order valence-electron chi connectivity index (χ3n) is 4.06. The third kappa shape index (κ3) is 4.55. The molecular formula is C18H20F3N3O4S. The fraction of sp³-hybridized carbons (Fsp3) is 0.500. The van der Waals surface area contributed by atoms with Gasteiger partial charge in [-0.05, 0) is 20.8 Å². The maximum Gasteiger partial charge on any atom is 0.418 e. The smallest absolute Gasteiger partial charge is 0.418 e. The molecule has 0 atom stereocenters. The van der Waals surface area contributed by atoms with Crippen LogP contribution in [0.25, 0.3) is 10.2 Å². The first-order valence-electron chi connectivity index (χ1n) is 8.75. The van der Waals surface area contributed by atoms with Crippen LogP contribution in [0.5, 0.6) is 5.88 Å². The van der Waals surface area contributed by atoms with E-state index in [2.05, 4.69) is 10.3 Å². The van der Waals surface area contributed by atoms with Gasteiger partial charge in [0.15, 0.2) is 0 Å². The molecule has 11 heteroatoms. The zero-order chi connectivity index (χ0) is 21.6. The summed E-state index contributed by atoms with van der Waals surface area (Å²) in [6.07, 6.45) is -5.67. The Morgan fingerprint density at radius 3 is 2.48 bits per heavy atom. The second kappa shape index (κ2) is 7.36. The predicted octanol–water partition coefficient (Wildman–Crippen LogP) is 3.67. The largest absolute Gasteiger partial charge is 0.471 e. The van der Waals surface area contributed by atoms with Crippen LogP contribution in [0.15, 0.2) is 11.4 Å². The van der Waals surface area contributed by atoms with Gasteiger partial charge < -0.3 is 19.7 Å². The summed E-state index contributed by atoms with van der Waals surface area (Å²) in [6.45, 7) is 5.55. The second-order valence-corrected chi connectivity index (χ2v) is 8.42. The Hall–Kier alpha value is -2.56. The van der Waals surface area contributed by atoms with E-state index in [-0.39, 0.29) is 34.7 Å². The van der Waals surface area contributed by atoms with Crippen molar-refractivity contribution >= 4 is 33.6 Å². The van der Waals surface area contributed by atoms with Crippen LogP contribution in [-0.2, 0) is 10.9 Å². The molecule has 0 radical (unpaired) electrons. The zero-order valence-corrected chi connectivity index (χ0v) is 17.0. The monoisotopic (exact) mass is 431 g/mol. The quantitative estimate of drug-likeness (QED) is 0.802. The van der Waals surface area contributed by atoms with Crippen molar-refractivity contribution in [2.45, 2.75) is 38.7 Å². The molecule has 1 aliphatic heterocycles. The summed E-state index contributed by atoms with van der Waals surface area (Å²) in [7, 11) is 1.39. The fourth-order valence-corrected chi connectivity index (χ4v) is 3.73. The highest BCUT2D eigenvalue weighted by molar-refractivity contribution is 7.17. The summed E-state index contributed by atoms with van der Waals surface area (Å²) >= 11 is 0.800. The standard InChI is InChI=1S/C18H20F3N3O4S/c1-17(2,3)28-16(26)24-6-9(7-24)27-12-5-11(18(19,20)21)14-13(23-12)10(8-29-14)15(25)22-4/h5,8-9H,6-7H2,1-4H3,(H,22,25). The molecule has 0 aliphatic carbocycles. The molecule has 2 aromatic rings. The molecule has 1 aliphatic rings. The highest BCUT2D eigenvalue weighted by atomic mass is 32.1. The number of rotatable bonds is 3. The van der Waals surface area contributed by atoms with Crippen molar-refractivity contribution in [3.8, 4) is 5.88 Å². The van der Waals surface area contributed by atoms with Crippen molar-refractivity contribution in [1.29, 1.82) is 0 Å². The van der Waals surface area contributed by atoms with Crippen LogP contribution in [0.4, 0.5) is 18.0 Å². The average molecular weight is 431 g/mol. The molecule has 158 valence electrons. The maximum atomic E-state index is 13.5. The third-order valence-corrected chi connectivity index (χ3v) is 5.07. The molecule has 2 aromatic heterocycles. The summed E-state index contributed by atoms with van der Waals surface area (Å²) in [4.78, 5) is 29.4. The van der Waals surface area contributed by atoms with Gasteiger partial charge in [0, 0.05) is 18.5 Å². The zero-order valence-electron chi connectivity index (χ0n) is 16.2. The van der Waals surface area contributed by atoms with Gasteiger partial charge in [-0.2, -0.15) is 13.2 Å². The molecule has 2 amide bonds. The molecule has 0 unspecified atom stereocenters. The Balaban J connectivity index is 1.82. The van der Waals surface area contributed by atoms with Crippen LogP contribution < -0.4 is 10.1 Å². The number of nitrogens with zero attached hydrogens (tertiary/aromatic N) is 2. The van der Waals surface area contributed by atoms with Crippen molar-refractivity contribution in [3.63, 3.8) is 0 Å². The van der Waals surface area contributed by atoms with E-state index in [9.17, 15) is 22.8 Å². The first-order chi connectivity index (χ1) is 13.4. The SMILES string of the molecule is CNC(=O)c1csc2c(C(F)(F)F)cc(OC3CN(C(=O)OC(C)(C)C)C3)nc12. The number of hydrogen-bond acceptors (Lipinski definition) is 6. The van der Waals surface area contributed by atoms with Gasteiger partial charge in [-0.15, -0.1) is 11.3 Å². The average Bonchev–Trinajstić information content (AvgIpc) is 2.97. The van der Waals surface area contributed by atoms with Gasteiger partial charge in [-0.25, -0.2) is 9.78 Å². The van der Waals surface area contributed by atoms with E-state index in [1.165, 1.54) is 17.3 Å². The van der Waals surface area contributed by atoms with Gasteiger partial charge in [0.2, 0.25) is 5.88 Å². The van der Waals surface area contributed by atoms with Gasteiger partial charge in [-0.3, -0.25) is 4.79 Å². The first-order valence-corrected chi connectivity index (χ1v) is 9.63. The molecule has 29 heavy (non-hydrogen) atoms. The highest BCUT2D eigenvalue weighted by Crippen LogP contribution is 2.40. The van der Waals surface area contributed by atoms with E-state index < -0.39 is 35.4 Å². The number of carbonyl (C=O) groups excluding carboxylic acids is 2. The molecule has 3 heterocycles. The number of ether oxygens (including phenoxy) is 2. The Labute approximate surface area is 168 Å². The van der Waals surface area contributed by atoms with Gasteiger partial charge in [-0.1, -0.05) is 0 Å². The van der Waals surface area contributed by atoms with E-state index in [1.807, 2.05) is 0 Å². The molecule has 1 fully saturated rings. The van der Waals surface area contributed by atoms with E-state index in [0.29, 0.717) is 0 Å². The molecule has 0 spiro atoms. The molecule has 7 nitrogen and oxygen atoms in total. The molecule has 0 aromatic carbocycles. The highest BCUT2D eigenvalue weighted by Gasteiger charge is 2.38. The minimum absolute atomic E-state index is 0.0486. The van der Waals surface area contributed by atoms with Gasteiger partial charge >= 0.3 is 12.3 Å². The summed E-state index contributed by atoms with van der Waals surface area (Å²) in [6, 6.07) is 0.822. The Morgan fingerprint density at radius 1 is 1.28 bits per heavy atom. The van der Waals surface area contributed by atoms with Crippen LogP contribution in [0, 0.1) is 0 Å². The lowest BCUT2D eigenvalue weighted by atomic mass is 10.1. The number of halogens is 3. The fourth-order valence-electron chi connectivity index (χ4n) is 2.71. The number of amides is 2. The number of alkyl halides is 3. The number of aromatic nitrogens is 1. The number of carbonyl (C=O) groups is 2. The Morgan fingerprint density at radius 2 is 1.93 bits per heavy atom. The minimum atomic E-state index is -4.63. The van der Waals surface area contributed by atoms with Crippen LogP contribution >= 0.6 is 11.3 Å². The number of hydrogen-bond donors (Lipinski definition) is 1. The number of likely N-dealkylation sites (tertiary alicyclic amines) is 1. The normalized spacial score (nSPS) is 15.2. The number of nitrogens with one attached hydrogen (secondary N) is 1. The number of pyridine rings is 1. The van der Waals surface area contributed by atoms with E-state index >= 15 is 0 Å². The molecule has 1 saturated heterocycles. The predicted molar refractivity (Wildman–Crippen MR) is 100 cm³/mol.